The highest BCUT2D eigenvalue weighted by molar-refractivity contribution is 5.87. The number of carbonyl (C=O) groups is 1. The molecule has 0 heterocycles. The zero-order chi connectivity index (χ0) is 15.5. The maximum Gasteiger partial charge on any atom is 0.335 e. The molecule has 2 aromatic rings. The molecule has 0 aromatic heterocycles. The zero-order valence-electron chi connectivity index (χ0n) is 12.7. The second kappa shape index (κ2) is 6.10. The van der Waals surface area contributed by atoms with Crippen molar-refractivity contribution in [1.82, 2.24) is 5.32 Å². The summed E-state index contributed by atoms with van der Waals surface area (Å²) in [6.45, 7) is 7.08. The lowest BCUT2D eigenvalue weighted by Gasteiger charge is -2.27. The molecule has 0 spiro atoms. The van der Waals surface area contributed by atoms with E-state index < -0.39 is 5.97 Å². The van der Waals surface area contributed by atoms with Crippen LogP contribution in [0.2, 0.25) is 0 Å². The van der Waals surface area contributed by atoms with Crippen LogP contribution in [0, 0.1) is 6.92 Å². The molecular weight excluding hydrogens is 262 g/mol. The van der Waals surface area contributed by atoms with Gasteiger partial charge in [-0.15, -0.1) is 0 Å². The van der Waals surface area contributed by atoms with Crippen molar-refractivity contribution in [3.8, 4) is 0 Å². The minimum Gasteiger partial charge on any atom is -0.478 e. The van der Waals surface area contributed by atoms with E-state index in [1.54, 1.807) is 12.1 Å². The summed E-state index contributed by atoms with van der Waals surface area (Å²) in [4.78, 5) is 10.8. The summed E-state index contributed by atoms with van der Waals surface area (Å²) >= 11 is 0. The monoisotopic (exact) mass is 283 g/mol. The maximum absolute atomic E-state index is 10.8. The first-order valence-electron chi connectivity index (χ1n) is 7.03. The predicted molar refractivity (Wildman–Crippen MR) is 84.4 cm³/mol. The smallest absolute Gasteiger partial charge is 0.335 e. The number of nitrogens with one attached hydrogen (secondary N) is 1. The second-order valence-electron chi connectivity index (χ2n) is 5.85. The van der Waals surface area contributed by atoms with E-state index >= 15 is 0 Å². The molecular formula is C18H21NO2. The van der Waals surface area contributed by atoms with Crippen LogP contribution < -0.4 is 5.32 Å². The molecule has 3 heteroatoms. The number of carboxylic acid groups (broad SMARTS) is 1. The fourth-order valence-electron chi connectivity index (χ4n) is 2.22. The van der Waals surface area contributed by atoms with Crippen molar-refractivity contribution >= 4 is 5.97 Å². The number of hydrogen-bond donors (Lipinski definition) is 2. The molecule has 0 bridgehead atoms. The Balaban J connectivity index is 2.06. The molecule has 3 nitrogen and oxygen atoms in total. The summed E-state index contributed by atoms with van der Waals surface area (Å²) in [5.74, 6) is -0.894. The fourth-order valence-corrected chi connectivity index (χ4v) is 2.22. The molecule has 0 atom stereocenters. The molecule has 2 rings (SSSR count). The Bertz CT molecular complexity index is 630. The third-order valence-electron chi connectivity index (χ3n) is 3.68. The topological polar surface area (TPSA) is 49.3 Å². The van der Waals surface area contributed by atoms with E-state index in [2.05, 4.69) is 50.4 Å². The first-order valence-corrected chi connectivity index (χ1v) is 7.03. The Morgan fingerprint density at radius 2 is 1.81 bits per heavy atom. The van der Waals surface area contributed by atoms with E-state index in [1.807, 2.05) is 12.1 Å². The summed E-state index contributed by atoms with van der Waals surface area (Å²) in [6.07, 6.45) is 0. The molecule has 0 amide bonds. The molecule has 0 aliphatic rings. The van der Waals surface area contributed by atoms with Gasteiger partial charge in [-0.25, -0.2) is 4.79 Å². The molecule has 0 fully saturated rings. The van der Waals surface area contributed by atoms with Gasteiger partial charge in [-0.2, -0.15) is 0 Å². The Kier molecular flexibility index (Phi) is 4.43. The van der Waals surface area contributed by atoms with Crippen LogP contribution in [0.25, 0.3) is 0 Å². The average Bonchev–Trinajstić information content (AvgIpc) is 2.45. The van der Waals surface area contributed by atoms with E-state index in [9.17, 15) is 4.79 Å². The number of aromatic carboxylic acids is 1. The lowest BCUT2D eigenvalue weighted by molar-refractivity contribution is 0.0697. The van der Waals surface area contributed by atoms with Crippen molar-refractivity contribution in [1.29, 1.82) is 0 Å². The van der Waals surface area contributed by atoms with Crippen molar-refractivity contribution in [2.24, 2.45) is 0 Å². The summed E-state index contributed by atoms with van der Waals surface area (Å²) < 4.78 is 0. The van der Waals surface area contributed by atoms with Gasteiger partial charge in [0.2, 0.25) is 0 Å². The van der Waals surface area contributed by atoms with Gasteiger partial charge in [0.15, 0.2) is 0 Å². The van der Waals surface area contributed by atoms with Gasteiger partial charge in [-0.1, -0.05) is 42.0 Å². The van der Waals surface area contributed by atoms with Crippen molar-refractivity contribution < 1.29 is 9.90 Å². The minimum absolute atomic E-state index is 0.141. The van der Waals surface area contributed by atoms with Gasteiger partial charge in [-0.05, 0) is 44.0 Å². The van der Waals surface area contributed by atoms with Gasteiger partial charge in [0, 0.05) is 12.1 Å². The van der Waals surface area contributed by atoms with Crippen LogP contribution in [-0.2, 0) is 12.1 Å². The number of benzene rings is 2. The zero-order valence-corrected chi connectivity index (χ0v) is 12.7. The molecule has 0 aliphatic carbocycles. The Morgan fingerprint density at radius 3 is 2.38 bits per heavy atom. The lowest BCUT2D eigenvalue weighted by Crippen LogP contribution is -2.36. The van der Waals surface area contributed by atoms with E-state index in [0.29, 0.717) is 12.1 Å². The highest BCUT2D eigenvalue weighted by atomic mass is 16.4. The standard InChI is InChI=1S/C18H21NO2/c1-13-5-4-6-16(11-13)18(2,3)19-12-14-7-9-15(10-8-14)17(20)21/h4-11,19H,12H2,1-3H3,(H,20,21). The highest BCUT2D eigenvalue weighted by Crippen LogP contribution is 2.21. The van der Waals surface area contributed by atoms with Crippen molar-refractivity contribution in [2.45, 2.75) is 32.9 Å². The van der Waals surface area contributed by atoms with E-state index in [0.717, 1.165) is 5.56 Å². The van der Waals surface area contributed by atoms with Crippen LogP contribution in [0.1, 0.15) is 40.9 Å². The largest absolute Gasteiger partial charge is 0.478 e. The van der Waals surface area contributed by atoms with Crippen LogP contribution in [0.15, 0.2) is 48.5 Å². The molecule has 0 saturated heterocycles. The molecule has 0 unspecified atom stereocenters. The number of rotatable bonds is 5. The second-order valence-corrected chi connectivity index (χ2v) is 5.85. The Hall–Kier alpha value is -2.13. The van der Waals surface area contributed by atoms with E-state index in [-0.39, 0.29) is 5.54 Å². The van der Waals surface area contributed by atoms with Gasteiger partial charge in [0.25, 0.3) is 0 Å². The van der Waals surface area contributed by atoms with Crippen LogP contribution >= 0.6 is 0 Å². The average molecular weight is 283 g/mol. The van der Waals surface area contributed by atoms with Gasteiger partial charge in [0.1, 0.15) is 0 Å². The van der Waals surface area contributed by atoms with Gasteiger partial charge < -0.3 is 10.4 Å². The Morgan fingerprint density at radius 1 is 1.14 bits per heavy atom. The predicted octanol–water partition coefficient (Wildman–Crippen LogP) is 3.72. The lowest BCUT2D eigenvalue weighted by atomic mass is 9.92. The highest BCUT2D eigenvalue weighted by Gasteiger charge is 2.19. The van der Waals surface area contributed by atoms with Crippen LogP contribution in [0.4, 0.5) is 0 Å². The summed E-state index contributed by atoms with van der Waals surface area (Å²) in [7, 11) is 0. The van der Waals surface area contributed by atoms with Crippen LogP contribution in [0.3, 0.4) is 0 Å². The van der Waals surface area contributed by atoms with Crippen LogP contribution in [0.5, 0.6) is 0 Å². The fraction of sp³-hybridized carbons (Fsp3) is 0.278. The Labute approximate surface area is 125 Å². The van der Waals surface area contributed by atoms with Crippen molar-refractivity contribution in [3.63, 3.8) is 0 Å². The summed E-state index contributed by atoms with van der Waals surface area (Å²) in [5.41, 5.74) is 3.73. The third-order valence-corrected chi connectivity index (χ3v) is 3.68. The quantitative estimate of drug-likeness (QED) is 0.879. The first-order chi connectivity index (χ1) is 9.88. The van der Waals surface area contributed by atoms with Crippen molar-refractivity contribution in [3.05, 3.63) is 70.8 Å². The molecule has 21 heavy (non-hydrogen) atoms. The number of hydrogen-bond acceptors (Lipinski definition) is 2. The minimum atomic E-state index is -0.894. The molecule has 2 N–H and O–H groups in total. The molecule has 0 saturated carbocycles. The maximum atomic E-state index is 10.8. The van der Waals surface area contributed by atoms with Gasteiger partial charge in [-0.3, -0.25) is 0 Å². The SMILES string of the molecule is Cc1cccc(C(C)(C)NCc2ccc(C(=O)O)cc2)c1. The molecule has 0 aliphatic heterocycles. The molecule has 0 radical (unpaired) electrons. The normalized spacial score (nSPS) is 11.4. The van der Waals surface area contributed by atoms with Crippen LogP contribution in [-0.4, -0.2) is 11.1 Å². The van der Waals surface area contributed by atoms with Crippen molar-refractivity contribution in [2.75, 3.05) is 0 Å². The summed E-state index contributed by atoms with van der Waals surface area (Å²) in [5, 5.41) is 12.4. The van der Waals surface area contributed by atoms with E-state index in [4.69, 9.17) is 5.11 Å². The molecule has 2 aromatic carbocycles. The number of carboxylic acids is 1. The molecule has 110 valence electrons. The van der Waals surface area contributed by atoms with Gasteiger partial charge in [0.05, 0.1) is 5.56 Å². The van der Waals surface area contributed by atoms with Gasteiger partial charge >= 0.3 is 5.97 Å². The number of aryl methyl sites for hydroxylation is 1. The summed E-state index contributed by atoms with van der Waals surface area (Å²) in [6, 6.07) is 15.4. The first kappa shape index (κ1) is 15.3. The van der Waals surface area contributed by atoms with E-state index in [1.165, 1.54) is 11.1 Å². The third kappa shape index (κ3) is 3.92.